The molecule has 2 N–H and O–H groups in total. The van der Waals surface area contributed by atoms with E-state index in [1.807, 2.05) is 12.1 Å². The number of aromatic nitrogens is 1. The summed E-state index contributed by atoms with van der Waals surface area (Å²) in [7, 11) is 1.62. The second kappa shape index (κ2) is 7.20. The van der Waals surface area contributed by atoms with Crippen molar-refractivity contribution >= 4 is 0 Å². The van der Waals surface area contributed by atoms with Gasteiger partial charge in [-0.25, -0.2) is 4.98 Å². The van der Waals surface area contributed by atoms with Gasteiger partial charge in [0, 0.05) is 24.9 Å². The van der Waals surface area contributed by atoms with E-state index in [0.717, 1.165) is 31.5 Å². The highest BCUT2D eigenvalue weighted by molar-refractivity contribution is 5.24. The number of methoxy groups -OCH3 is 1. The van der Waals surface area contributed by atoms with E-state index in [1.54, 1.807) is 13.3 Å². The van der Waals surface area contributed by atoms with E-state index in [-0.39, 0.29) is 6.61 Å². The quantitative estimate of drug-likeness (QED) is 0.658. The van der Waals surface area contributed by atoms with Crippen molar-refractivity contribution in [3.8, 4) is 5.88 Å². The predicted octanol–water partition coefficient (Wildman–Crippen LogP) is 0.952. The van der Waals surface area contributed by atoms with E-state index in [4.69, 9.17) is 9.84 Å². The largest absolute Gasteiger partial charge is 0.481 e. The van der Waals surface area contributed by atoms with Gasteiger partial charge >= 0.3 is 0 Å². The first-order valence-electron chi connectivity index (χ1n) is 5.18. The van der Waals surface area contributed by atoms with E-state index in [2.05, 4.69) is 10.3 Å². The molecule has 1 aromatic heterocycles. The minimum Gasteiger partial charge on any atom is -0.481 e. The van der Waals surface area contributed by atoms with Crippen molar-refractivity contribution in [3.63, 3.8) is 0 Å². The van der Waals surface area contributed by atoms with E-state index < -0.39 is 0 Å². The molecule has 1 aromatic rings. The van der Waals surface area contributed by atoms with Gasteiger partial charge in [0.1, 0.15) is 0 Å². The van der Waals surface area contributed by atoms with Crippen molar-refractivity contribution in [2.45, 2.75) is 19.4 Å². The highest BCUT2D eigenvalue weighted by Crippen LogP contribution is 2.12. The Morgan fingerprint density at radius 3 is 3.07 bits per heavy atom. The maximum absolute atomic E-state index is 8.61. The van der Waals surface area contributed by atoms with Crippen LogP contribution >= 0.6 is 0 Å². The predicted molar refractivity (Wildman–Crippen MR) is 58.8 cm³/mol. The number of nitrogens with one attached hydrogen (secondary N) is 1. The number of aliphatic hydroxyl groups is 1. The monoisotopic (exact) mass is 210 g/mol. The molecule has 0 saturated heterocycles. The lowest BCUT2D eigenvalue weighted by Gasteiger charge is -2.07. The third kappa shape index (κ3) is 4.27. The Bertz CT molecular complexity index is 279. The minimum atomic E-state index is 0.262. The Balaban J connectivity index is 2.30. The van der Waals surface area contributed by atoms with Gasteiger partial charge in [0.05, 0.1) is 7.11 Å². The Hall–Kier alpha value is -1.13. The van der Waals surface area contributed by atoms with Crippen LogP contribution in [0, 0.1) is 0 Å². The summed E-state index contributed by atoms with van der Waals surface area (Å²) in [4.78, 5) is 4.11. The van der Waals surface area contributed by atoms with Crippen molar-refractivity contribution in [2.75, 3.05) is 20.3 Å². The third-order valence-electron chi connectivity index (χ3n) is 2.12. The summed E-state index contributed by atoms with van der Waals surface area (Å²) in [6, 6.07) is 3.89. The summed E-state index contributed by atoms with van der Waals surface area (Å²) < 4.78 is 5.13. The van der Waals surface area contributed by atoms with Crippen LogP contribution in [0.1, 0.15) is 18.4 Å². The van der Waals surface area contributed by atoms with Gasteiger partial charge in [-0.1, -0.05) is 6.07 Å². The molecule has 0 saturated carbocycles. The van der Waals surface area contributed by atoms with Crippen molar-refractivity contribution < 1.29 is 9.84 Å². The molecule has 4 heteroatoms. The SMILES string of the molecule is COc1ncccc1CNCCCCO. The zero-order chi connectivity index (χ0) is 10.9. The molecule has 0 atom stereocenters. The Kier molecular flexibility index (Phi) is 5.73. The summed E-state index contributed by atoms with van der Waals surface area (Å²) in [6.45, 7) is 1.92. The molecule has 84 valence electrons. The first kappa shape index (κ1) is 11.9. The minimum absolute atomic E-state index is 0.262. The maximum atomic E-state index is 8.61. The smallest absolute Gasteiger partial charge is 0.217 e. The second-order valence-electron chi connectivity index (χ2n) is 3.28. The molecule has 0 spiro atoms. The van der Waals surface area contributed by atoms with Crippen LogP contribution in [0.25, 0.3) is 0 Å². The molecular formula is C11H18N2O2. The van der Waals surface area contributed by atoms with Crippen LogP contribution in [0.2, 0.25) is 0 Å². The number of rotatable bonds is 7. The van der Waals surface area contributed by atoms with Gasteiger partial charge in [-0.15, -0.1) is 0 Å². The molecule has 0 bridgehead atoms. The molecule has 1 heterocycles. The van der Waals surface area contributed by atoms with E-state index in [0.29, 0.717) is 5.88 Å². The van der Waals surface area contributed by atoms with Crippen molar-refractivity contribution in [2.24, 2.45) is 0 Å². The molecule has 0 fully saturated rings. The number of hydrogen-bond acceptors (Lipinski definition) is 4. The highest BCUT2D eigenvalue weighted by atomic mass is 16.5. The van der Waals surface area contributed by atoms with Gasteiger partial charge in [0.25, 0.3) is 0 Å². The number of unbranched alkanes of at least 4 members (excludes halogenated alkanes) is 1. The Morgan fingerprint density at radius 2 is 2.33 bits per heavy atom. The molecule has 1 rings (SSSR count). The lowest BCUT2D eigenvalue weighted by Crippen LogP contribution is -2.15. The van der Waals surface area contributed by atoms with Gasteiger partial charge in [0.2, 0.25) is 5.88 Å². The number of aliphatic hydroxyl groups excluding tert-OH is 1. The van der Waals surface area contributed by atoms with Crippen molar-refractivity contribution in [1.82, 2.24) is 10.3 Å². The molecule has 0 amide bonds. The average Bonchev–Trinajstić information content (AvgIpc) is 2.29. The summed E-state index contributed by atoms with van der Waals surface area (Å²) in [5, 5.41) is 11.9. The number of ether oxygens (including phenoxy) is 1. The van der Waals surface area contributed by atoms with Crippen LogP contribution in [0.5, 0.6) is 5.88 Å². The van der Waals surface area contributed by atoms with Crippen molar-refractivity contribution in [3.05, 3.63) is 23.9 Å². The highest BCUT2D eigenvalue weighted by Gasteiger charge is 2.01. The lowest BCUT2D eigenvalue weighted by molar-refractivity contribution is 0.283. The standard InChI is InChI=1S/C11H18N2O2/c1-15-11-10(5-4-7-13-11)9-12-6-2-3-8-14/h4-5,7,12,14H,2-3,6,8-9H2,1H3. The second-order valence-corrected chi connectivity index (χ2v) is 3.28. The molecular weight excluding hydrogens is 192 g/mol. The van der Waals surface area contributed by atoms with Gasteiger partial charge < -0.3 is 15.2 Å². The van der Waals surface area contributed by atoms with Gasteiger partial charge in [-0.05, 0) is 25.5 Å². The molecule has 4 nitrogen and oxygen atoms in total. The zero-order valence-electron chi connectivity index (χ0n) is 9.07. The first-order chi connectivity index (χ1) is 7.38. The summed E-state index contributed by atoms with van der Waals surface area (Å²) >= 11 is 0. The normalized spacial score (nSPS) is 10.3. The summed E-state index contributed by atoms with van der Waals surface area (Å²) in [5.74, 6) is 0.673. The van der Waals surface area contributed by atoms with E-state index in [1.165, 1.54) is 0 Å². The van der Waals surface area contributed by atoms with Crippen LogP contribution < -0.4 is 10.1 Å². The Labute approximate surface area is 90.3 Å². The topological polar surface area (TPSA) is 54.4 Å². The third-order valence-corrected chi connectivity index (χ3v) is 2.12. The number of nitrogens with zero attached hydrogens (tertiary/aromatic N) is 1. The van der Waals surface area contributed by atoms with Crippen LogP contribution in [-0.4, -0.2) is 30.4 Å². The fraction of sp³-hybridized carbons (Fsp3) is 0.545. The summed E-state index contributed by atoms with van der Waals surface area (Å²) in [5.41, 5.74) is 1.06. The van der Waals surface area contributed by atoms with Gasteiger partial charge in [-0.2, -0.15) is 0 Å². The van der Waals surface area contributed by atoms with Crippen molar-refractivity contribution in [1.29, 1.82) is 0 Å². The van der Waals surface area contributed by atoms with E-state index in [9.17, 15) is 0 Å². The molecule has 0 radical (unpaired) electrons. The van der Waals surface area contributed by atoms with Gasteiger partial charge in [-0.3, -0.25) is 0 Å². The molecule has 0 unspecified atom stereocenters. The van der Waals surface area contributed by atoms with E-state index >= 15 is 0 Å². The molecule has 0 aliphatic heterocycles. The summed E-state index contributed by atoms with van der Waals surface area (Å²) in [6.07, 6.45) is 3.55. The maximum Gasteiger partial charge on any atom is 0.217 e. The zero-order valence-corrected chi connectivity index (χ0v) is 9.07. The van der Waals surface area contributed by atoms with Gasteiger partial charge in [0.15, 0.2) is 0 Å². The molecule has 0 aliphatic rings. The lowest BCUT2D eigenvalue weighted by atomic mass is 10.2. The van der Waals surface area contributed by atoms with Crippen LogP contribution in [0.15, 0.2) is 18.3 Å². The molecule has 0 aromatic carbocycles. The Morgan fingerprint density at radius 1 is 1.47 bits per heavy atom. The first-order valence-corrected chi connectivity index (χ1v) is 5.18. The average molecular weight is 210 g/mol. The number of pyridine rings is 1. The number of hydrogen-bond donors (Lipinski definition) is 2. The molecule has 0 aliphatic carbocycles. The fourth-order valence-corrected chi connectivity index (χ4v) is 1.33. The van der Waals surface area contributed by atoms with Crippen LogP contribution in [0.3, 0.4) is 0 Å². The van der Waals surface area contributed by atoms with Crippen LogP contribution in [0.4, 0.5) is 0 Å². The van der Waals surface area contributed by atoms with Crippen LogP contribution in [-0.2, 0) is 6.54 Å². The molecule has 15 heavy (non-hydrogen) atoms. The fourth-order valence-electron chi connectivity index (χ4n) is 1.33.